The van der Waals surface area contributed by atoms with Crippen molar-refractivity contribution in [3.8, 4) is 11.4 Å². The van der Waals surface area contributed by atoms with Gasteiger partial charge in [0, 0.05) is 13.1 Å². The fourth-order valence-electron chi connectivity index (χ4n) is 3.92. The largest absolute Gasteiger partial charge is 0.476 e. The summed E-state index contributed by atoms with van der Waals surface area (Å²) in [6, 6.07) is 16.6. The first-order chi connectivity index (χ1) is 15.6. The Morgan fingerprint density at radius 2 is 1.69 bits per heavy atom. The summed E-state index contributed by atoms with van der Waals surface area (Å²) in [5.41, 5.74) is 2.12. The van der Waals surface area contributed by atoms with E-state index in [1.54, 1.807) is 28.9 Å². The van der Waals surface area contributed by atoms with Gasteiger partial charge in [-0.25, -0.2) is 0 Å². The van der Waals surface area contributed by atoms with Crippen LogP contribution in [0.2, 0.25) is 0 Å². The summed E-state index contributed by atoms with van der Waals surface area (Å²) in [6.45, 7) is 3.88. The number of nitrogens with zero attached hydrogens (tertiary/aromatic N) is 5. The highest BCUT2D eigenvalue weighted by Gasteiger charge is 2.37. The third-order valence-electron chi connectivity index (χ3n) is 5.59. The average molecular weight is 433 g/mol. The Kier molecular flexibility index (Phi) is 5.32. The van der Waals surface area contributed by atoms with E-state index in [1.165, 1.54) is 4.80 Å². The van der Waals surface area contributed by atoms with Crippen LogP contribution in [0.4, 0.5) is 5.69 Å². The monoisotopic (exact) mass is 433 g/mol. The number of hydrogen-bond acceptors (Lipinski definition) is 6. The van der Waals surface area contributed by atoms with Crippen molar-refractivity contribution in [3.05, 3.63) is 66.0 Å². The van der Waals surface area contributed by atoms with Crippen molar-refractivity contribution in [2.24, 2.45) is 0 Å². The van der Waals surface area contributed by atoms with Crippen molar-refractivity contribution in [3.63, 3.8) is 0 Å². The van der Waals surface area contributed by atoms with E-state index in [2.05, 4.69) is 10.2 Å². The summed E-state index contributed by atoms with van der Waals surface area (Å²) in [5.74, 6) is 0.0253. The summed E-state index contributed by atoms with van der Waals surface area (Å²) in [6.07, 6.45) is -0.795. The van der Waals surface area contributed by atoms with Crippen molar-refractivity contribution >= 4 is 17.5 Å². The van der Waals surface area contributed by atoms with E-state index < -0.39 is 6.10 Å². The molecule has 1 fully saturated rings. The van der Waals surface area contributed by atoms with E-state index >= 15 is 0 Å². The van der Waals surface area contributed by atoms with Crippen molar-refractivity contribution in [2.75, 3.05) is 37.7 Å². The number of carbonyl (C=O) groups is 2. The first-order valence-electron chi connectivity index (χ1n) is 10.6. The number of benzene rings is 2. The minimum absolute atomic E-state index is 0.101. The van der Waals surface area contributed by atoms with Crippen LogP contribution in [0.25, 0.3) is 5.69 Å². The highest BCUT2D eigenvalue weighted by molar-refractivity contribution is 6.07. The van der Waals surface area contributed by atoms with Crippen molar-refractivity contribution in [2.45, 2.75) is 13.0 Å². The van der Waals surface area contributed by atoms with Gasteiger partial charge in [0.1, 0.15) is 5.75 Å². The van der Waals surface area contributed by atoms with E-state index in [4.69, 9.17) is 9.47 Å². The number of aryl methyl sites for hydroxylation is 1. The molecule has 2 amide bonds. The molecule has 1 unspecified atom stereocenters. The van der Waals surface area contributed by atoms with Gasteiger partial charge in [-0.1, -0.05) is 30.3 Å². The number of anilines is 1. The number of aromatic nitrogens is 3. The Bertz CT molecular complexity index is 1140. The van der Waals surface area contributed by atoms with Gasteiger partial charge >= 0.3 is 0 Å². The maximum atomic E-state index is 13.6. The number of amides is 2. The number of morpholine rings is 1. The number of ether oxygens (including phenoxy) is 2. The van der Waals surface area contributed by atoms with Crippen LogP contribution in [0.1, 0.15) is 16.2 Å². The van der Waals surface area contributed by atoms with Gasteiger partial charge in [0.2, 0.25) is 0 Å². The van der Waals surface area contributed by atoms with E-state index in [1.807, 2.05) is 42.5 Å². The van der Waals surface area contributed by atoms with Gasteiger partial charge in [0.05, 0.1) is 36.8 Å². The Morgan fingerprint density at radius 1 is 0.969 bits per heavy atom. The molecule has 0 saturated carbocycles. The SMILES string of the molecule is Cc1nn(-c2ccccc2)nc1C(=O)N1CC(C(=O)N2CCOCC2)Oc2ccccc21. The highest BCUT2D eigenvalue weighted by atomic mass is 16.5. The van der Waals surface area contributed by atoms with E-state index in [0.717, 1.165) is 5.69 Å². The molecule has 2 aliphatic rings. The maximum Gasteiger partial charge on any atom is 0.281 e. The first kappa shape index (κ1) is 20.2. The Labute approximate surface area is 185 Å². The summed E-state index contributed by atoms with van der Waals surface area (Å²) < 4.78 is 11.3. The average Bonchev–Trinajstić information content (AvgIpc) is 3.25. The van der Waals surface area contributed by atoms with Crippen molar-refractivity contribution < 1.29 is 19.1 Å². The Balaban J connectivity index is 1.46. The van der Waals surface area contributed by atoms with Crippen LogP contribution in [0.3, 0.4) is 0 Å². The second-order valence-electron chi connectivity index (χ2n) is 7.69. The quantitative estimate of drug-likeness (QED) is 0.626. The van der Waals surface area contributed by atoms with Crippen LogP contribution < -0.4 is 9.64 Å². The predicted molar refractivity (Wildman–Crippen MR) is 116 cm³/mol. The lowest BCUT2D eigenvalue weighted by Gasteiger charge is -2.37. The molecule has 1 saturated heterocycles. The summed E-state index contributed by atoms with van der Waals surface area (Å²) in [4.78, 5) is 31.4. The molecule has 1 aromatic heterocycles. The van der Waals surface area contributed by atoms with Crippen molar-refractivity contribution in [1.82, 2.24) is 19.9 Å². The molecule has 9 nitrogen and oxygen atoms in total. The molecule has 0 aliphatic carbocycles. The topological polar surface area (TPSA) is 89.8 Å². The molecule has 0 bridgehead atoms. The fourth-order valence-corrected chi connectivity index (χ4v) is 3.92. The molecule has 164 valence electrons. The number of para-hydroxylation sites is 3. The molecule has 0 spiro atoms. The molecular weight excluding hydrogens is 410 g/mol. The van der Waals surface area contributed by atoms with Crippen molar-refractivity contribution in [1.29, 1.82) is 0 Å². The van der Waals surface area contributed by atoms with Crippen LogP contribution in [-0.4, -0.2) is 70.7 Å². The van der Waals surface area contributed by atoms with Crippen LogP contribution >= 0.6 is 0 Å². The number of rotatable bonds is 3. The van der Waals surface area contributed by atoms with E-state index in [9.17, 15) is 9.59 Å². The molecule has 3 heterocycles. The molecule has 32 heavy (non-hydrogen) atoms. The normalized spacial score (nSPS) is 18.1. The molecule has 5 rings (SSSR count). The minimum atomic E-state index is -0.795. The standard InChI is InChI=1S/C23H23N5O4/c1-16-21(25-28(24-16)17-7-3-2-4-8-17)23(30)27-15-20(22(29)26-11-13-31-14-12-26)32-19-10-6-5-9-18(19)27/h2-10,20H,11-15H2,1H3. The zero-order valence-electron chi connectivity index (χ0n) is 17.7. The third-order valence-corrected chi connectivity index (χ3v) is 5.59. The lowest BCUT2D eigenvalue weighted by molar-refractivity contribution is -0.142. The fraction of sp³-hybridized carbons (Fsp3) is 0.304. The van der Waals surface area contributed by atoms with Gasteiger partial charge in [0.15, 0.2) is 11.8 Å². The molecule has 2 aliphatic heterocycles. The molecule has 3 aromatic rings. The van der Waals surface area contributed by atoms with Gasteiger partial charge in [-0.15, -0.1) is 5.10 Å². The molecule has 1 atom stereocenters. The van der Waals surface area contributed by atoms with Gasteiger partial charge < -0.3 is 14.4 Å². The molecule has 0 radical (unpaired) electrons. The third kappa shape index (κ3) is 3.71. The van der Waals surface area contributed by atoms with E-state index in [0.29, 0.717) is 43.4 Å². The summed E-state index contributed by atoms with van der Waals surface area (Å²) in [7, 11) is 0. The van der Waals surface area contributed by atoms with Gasteiger partial charge in [-0.2, -0.15) is 9.90 Å². The zero-order chi connectivity index (χ0) is 22.1. The second kappa shape index (κ2) is 8.43. The summed E-state index contributed by atoms with van der Waals surface area (Å²) >= 11 is 0. The van der Waals surface area contributed by atoms with E-state index in [-0.39, 0.29) is 24.1 Å². The lowest BCUT2D eigenvalue weighted by atomic mass is 10.1. The summed E-state index contributed by atoms with van der Waals surface area (Å²) in [5, 5.41) is 8.87. The molecule has 9 heteroatoms. The van der Waals surface area contributed by atoms with Gasteiger partial charge in [0.25, 0.3) is 11.8 Å². The van der Waals surface area contributed by atoms with Crippen LogP contribution in [0.15, 0.2) is 54.6 Å². The lowest BCUT2D eigenvalue weighted by Crippen LogP contribution is -2.54. The molecule has 0 N–H and O–H groups in total. The zero-order valence-corrected chi connectivity index (χ0v) is 17.7. The highest BCUT2D eigenvalue weighted by Crippen LogP contribution is 2.34. The van der Waals surface area contributed by atoms with Crippen LogP contribution in [-0.2, 0) is 9.53 Å². The molecule has 2 aromatic carbocycles. The van der Waals surface area contributed by atoms with Gasteiger partial charge in [-0.3, -0.25) is 14.5 Å². The number of carbonyl (C=O) groups excluding carboxylic acids is 2. The number of hydrogen-bond donors (Lipinski definition) is 0. The van der Waals surface area contributed by atoms with Crippen LogP contribution in [0.5, 0.6) is 5.75 Å². The minimum Gasteiger partial charge on any atom is -0.476 e. The smallest absolute Gasteiger partial charge is 0.281 e. The van der Waals surface area contributed by atoms with Gasteiger partial charge in [-0.05, 0) is 31.2 Å². The Morgan fingerprint density at radius 3 is 2.47 bits per heavy atom. The van der Waals surface area contributed by atoms with Crippen LogP contribution in [0, 0.1) is 6.92 Å². The number of fused-ring (bicyclic) bond motifs is 1. The first-order valence-corrected chi connectivity index (χ1v) is 10.6. The molecular formula is C23H23N5O4. The maximum absolute atomic E-state index is 13.6. The Hall–Kier alpha value is -3.72. The second-order valence-corrected chi connectivity index (χ2v) is 7.69. The predicted octanol–water partition coefficient (Wildman–Crippen LogP) is 1.84.